The molecule has 1 aromatic rings. The monoisotopic (exact) mass is 313 g/mol. The second-order valence-electron chi connectivity index (χ2n) is 5.50. The maximum absolute atomic E-state index is 12.8. The molecule has 0 saturated carbocycles. The Kier molecular flexibility index (Phi) is 6.80. The zero-order chi connectivity index (χ0) is 16.0. The van der Waals surface area contributed by atoms with Crippen LogP contribution in [0.5, 0.6) is 0 Å². The lowest BCUT2D eigenvalue weighted by Crippen LogP contribution is -2.37. The fourth-order valence-electron chi connectivity index (χ4n) is 2.12. The first-order chi connectivity index (χ1) is 9.82. The van der Waals surface area contributed by atoms with Crippen molar-refractivity contribution in [3.8, 4) is 0 Å². The molecule has 2 N–H and O–H groups in total. The van der Waals surface area contributed by atoms with E-state index in [1.807, 2.05) is 32.8 Å². The van der Waals surface area contributed by atoms with Gasteiger partial charge in [-0.05, 0) is 50.7 Å². The number of nitrogens with zero attached hydrogens (tertiary/aromatic N) is 2. The van der Waals surface area contributed by atoms with E-state index in [0.29, 0.717) is 31.1 Å². The lowest BCUT2D eigenvalue weighted by molar-refractivity contribution is 0.333. The average molecular weight is 313 g/mol. The van der Waals surface area contributed by atoms with E-state index >= 15 is 0 Å². The summed E-state index contributed by atoms with van der Waals surface area (Å²) in [5.41, 5.74) is 7.53. The predicted octanol–water partition coefficient (Wildman–Crippen LogP) is 1.42. The second-order valence-corrected chi connectivity index (χ2v) is 7.44. The van der Waals surface area contributed by atoms with E-state index < -0.39 is 10.0 Å². The van der Waals surface area contributed by atoms with Gasteiger partial charge in [-0.15, -0.1) is 0 Å². The summed E-state index contributed by atoms with van der Waals surface area (Å²) in [5, 5.41) is 0. The lowest BCUT2D eigenvalue weighted by atomic mass is 10.1. The fraction of sp³-hybridized carbons (Fsp3) is 0.600. The molecule has 21 heavy (non-hydrogen) atoms. The molecular formula is C15H27N3O2S. The Morgan fingerprint density at radius 2 is 1.81 bits per heavy atom. The molecule has 0 radical (unpaired) electrons. The number of hydrogen-bond acceptors (Lipinski definition) is 4. The topological polar surface area (TPSA) is 66.6 Å². The number of sulfonamides is 1. The molecule has 1 aromatic carbocycles. The first kappa shape index (κ1) is 18.1. The van der Waals surface area contributed by atoms with E-state index in [0.717, 1.165) is 17.5 Å². The van der Waals surface area contributed by atoms with E-state index in [1.165, 1.54) is 0 Å². The maximum Gasteiger partial charge on any atom is 0.243 e. The largest absolute Gasteiger partial charge is 0.326 e. The summed E-state index contributed by atoms with van der Waals surface area (Å²) in [6.45, 7) is 6.05. The minimum absolute atomic E-state index is 0.351. The van der Waals surface area contributed by atoms with E-state index in [-0.39, 0.29) is 0 Å². The third-order valence-electron chi connectivity index (χ3n) is 3.44. The first-order valence-corrected chi connectivity index (χ1v) is 8.71. The van der Waals surface area contributed by atoms with Crippen LogP contribution in [0, 0.1) is 6.92 Å². The van der Waals surface area contributed by atoms with Crippen molar-refractivity contribution in [3.05, 3.63) is 29.3 Å². The van der Waals surface area contributed by atoms with Gasteiger partial charge in [-0.1, -0.05) is 13.0 Å². The molecule has 0 saturated heterocycles. The van der Waals surface area contributed by atoms with Crippen LogP contribution in [0.25, 0.3) is 0 Å². The van der Waals surface area contributed by atoms with Crippen molar-refractivity contribution in [1.82, 2.24) is 9.21 Å². The maximum atomic E-state index is 12.8. The van der Waals surface area contributed by atoms with Crippen LogP contribution in [0.1, 0.15) is 24.5 Å². The lowest BCUT2D eigenvalue weighted by Gasteiger charge is -2.23. The Bertz CT molecular complexity index is 556. The van der Waals surface area contributed by atoms with Crippen molar-refractivity contribution >= 4 is 10.0 Å². The highest BCUT2D eigenvalue weighted by Gasteiger charge is 2.24. The van der Waals surface area contributed by atoms with Gasteiger partial charge in [-0.2, -0.15) is 4.31 Å². The van der Waals surface area contributed by atoms with E-state index in [4.69, 9.17) is 5.73 Å². The minimum Gasteiger partial charge on any atom is -0.326 e. The van der Waals surface area contributed by atoms with Crippen LogP contribution in [0.15, 0.2) is 23.1 Å². The smallest absolute Gasteiger partial charge is 0.243 e. The quantitative estimate of drug-likeness (QED) is 0.788. The fourth-order valence-corrected chi connectivity index (χ4v) is 3.73. The van der Waals surface area contributed by atoms with Crippen LogP contribution in [0.2, 0.25) is 0 Å². The van der Waals surface area contributed by atoms with Crippen molar-refractivity contribution in [1.29, 1.82) is 0 Å². The molecule has 0 heterocycles. The van der Waals surface area contributed by atoms with Crippen LogP contribution < -0.4 is 5.73 Å². The van der Waals surface area contributed by atoms with Gasteiger partial charge in [-0.3, -0.25) is 0 Å². The summed E-state index contributed by atoms with van der Waals surface area (Å²) >= 11 is 0. The van der Waals surface area contributed by atoms with Gasteiger partial charge in [0.1, 0.15) is 0 Å². The molecule has 0 unspecified atom stereocenters. The highest BCUT2D eigenvalue weighted by molar-refractivity contribution is 7.89. The molecule has 0 aliphatic carbocycles. The van der Waals surface area contributed by atoms with Crippen LogP contribution in [0.4, 0.5) is 0 Å². The van der Waals surface area contributed by atoms with Gasteiger partial charge in [0.2, 0.25) is 10.0 Å². The molecular weight excluding hydrogens is 286 g/mol. The molecule has 0 spiro atoms. The first-order valence-electron chi connectivity index (χ1n) is 7.27. The van der Waals surface area contributed by atoms with Gasteiger partial charge < -0.3 is 10.6 Å². The van der Waals surface area contributed by atoms with Crippen molar-refractivity contribution in [2.45, 2.75) is 31.7 Å². The Hall–Kier alpha value is -0.950. The molecule has 0 aliphatic rings. The summed E-state index contributed by atoms with van der Waals surface area (Å²) in [6.07, 6.45) is 0.798. The highest BCUT2D eigenvalue weighted by atomic mass is 32.2. The van der Waals surface area contributed by atoms with E-state index in [2.05, 4.69) is 0 Å². The normalized spacial score (nSPS) is 12.3. The summed E-state index contributed by atoms with van der Waals surface area (Å²) < 4.78 is 27.1. The number of aryl methyl sites for hydroxylation is 1. The van der Waals surface area contributed by atoms with Gasteiger partial charge in [0, 0.05) is 26.2 Å². The Balaban J connectivity index is 3.07. The van der Waals surface area contributed by atoms with Crippen molar-refractivity contribution in [2.24, 2.45) is 5.73 Å². The van der Waals surface area contributed by atoms with Crippen LogP contribution >= 0.6 is 0 Å². The molecule has 0 bridgehead atoms. The minimum atomic E-state index is -3.44. The number of nitrogens with two attached hydrogens (primary N) is 1. The van der Waals surface area contributed by atoms with Gasteiger partial charge in [0.05, 0.1) is 4.90 Å². The molecule has 0 atom stereocenters. The Morgan fingerprint density at radius 1 is 1.14 bits per heavy atom. The average Bonchev–Trinajstić information content (AvgIpc) is 2.42. The van der Waals surface area contributed by atoms with Gasteiger partial charge in [-0.25, -0.2) is 8.42 Å². The second kappa shape index (κ2) is 7.89. The van der Waals surface area contributed by atoms with E-state index in [1.54, 1.807) is 22.5 Å². The number of benzene rings is 1. The third-order valence-corrected chi connectivity index (χ3v) is 5.34. The van der Waals surface area contributed by atoms with Crippen LogP contribution in [-0.2, 0) is 16.6 Å². The number of rotatable bonds is 8. The highest BCUT2D eigenvalue weighted by Crippen LogP contribution is 2.19. The zero-order valence-electron chi connectivity index (χ0n) is 13.5. The molecule has 120 valence electrons. The number of hydrogen-bond donors (Lipinski definition) is 1. The van der Waals surface area contributed by atoms with Gasteiger partial charge in [0.15, 0.2) is 0 Å². The molecule has 6 heteroatoms. The summed E-state index contributed by atoms with van der Waals surface area (Å²) in [4.78, 5) is 2.34. The Morgan fingerprint density at radius 3 is 2.29 bits per heavy atom. The van der Waals surface area contributed by atoms with Crippen LogP contribution in [0.3, 0.4) is 0 Å². The molecule has 0 fully saturated rings. The third kappa shape index (κ3) is 4.78. The standard InChI is InChI=1S/C15H27N3O2S/c1-5-8-18(10-9-17(3)4)21(19,20)15-7-6-14(12-16)13(2)11-15/h6-7,11H,5,8-10,12,16H2,1-4H3. The Labute approximate surface area is 128 Å². The molecule has 1 rings (SSSR count). The van der Waals surface area contributed by atoms with Crippen molar-refractivity contribution in [2.75, 3.05) is 33.7 Å². The van der Waals surface area contributed by atoms with Gasteiger partial charge >= 0.3 is 0 Å². The molecule has 0 aliphatic heterocycles. The van der Waals surface area contributed by atoms with E-state index in [9.17, 15) is 8.42 Å². The van der Waals surface area contributed by atoms with Crippen molar-refractivity contribution in [3.63, 3.8) is 0 Å². The van der Waals surface area contributed by atoms with Crippen molar-refractivity contribution < 1.29 is 8.42 Å². The molecule has 0 aromatic heterocycles. The predicted molar refractivity (Wildman–Crippen MR) is 86.7 cm³/mol. The number of likely N-dealkylation sites (N-methyl/N-ethyl adjacent to an activating group) is 1. The summed E-state index contributed by atoms with van der Waals surface area (Å²) in [5.74, 6) is 0. The SMILES string of the molecule is CCCN(CCN(C)C)S(=O)(=O)c1ccc(CN)c(C)c1. The zero-order valence-corrected chi connectivity index (χ0v) is 14.3. The van der Waals surface area contributed by atoms with Gasteiger partial charge in [0.25, 0.3) is 0 Å². The summed E-state index contributed by atoms with van der Waals surface area (Å²) in [6, 6.07) is 5.18. The molecule has 0 amide bonds. The van der Waals surface area contributed by atoms with Crippen LogP contribution in [-0.4, -0.2) is 51.4 Å². The summed E-state index contributed by atoms with van der Waals surface area (Å²) in [7, 11) is 0.442. The molecule has 5 nitrogen and oxygen atoms in total.